The SMILES string of the molecule is NC(=O)c1cccc2c(-c3nc4c(c(NCc5ccccc5)n3)CCOC4)noc12. The molecule has 3 N–H and O–H groups in total. The fourth-order valence-electron chi connectivity index (χ4n) is 3.61. The third-order valence-electron chi connectivity index (χ3n) is 5.11. The number of ether oxygens (including phenoxy) is 1. The van der Waals surface area contributed by atoms with Crippen molar-refractivity contribution in [1.82, 2.24) is 15.1 Å². The van der Waals surface area contributed by atoms with E-state index in [0.29, 0.717) is 42.2 Å². The van der Waals surface area contributed by atoms with Crippen molar-refractivity contribution in [3.63, 3.8) is 0 Å². The van der Waals surface area contributed by atoms with Gasteiger partial charge in [0.2, 0.25) is 0 Å². The lowest BCUT2D eigenvalue weighted by Crippen LogP contribution is -2.17. The van der Waals surface area contributed by atoms with Crippen LogP contribution in [0.15, 0.2) is 53.1 Å². The number of anilines is 1. The van der Waals surface area contributed by atoms with Crippen LogP contribution in [0.1, 0.15) is 27.2 Å². The number of carbonyl (C=O) groups is 1. The second kappa shape index (κ2) is 7.57. The van der Waals surface area contributed by atoms with Gasteiger partial charge >= 0.3 is 0 Å². The number of para-hydroxylation sites is 1. The van der Waals surface area contributed by atoms with Crippen LogP contribution < -0.4 is 11.1 Å². The Labute approximate surface area is 172 Å². The monoisotopic (exact) mass is 401 g/mol. The Morgan fingerprint density at radius 3 is 2.80 bits per heavy atom. The van der Waals surface area contributed by atoms with Crippen LogP contribution in [0.3, 0.4) is 0 Å². The van der Waals surface area contributed by atoms with Gasteiger partial charge in [-0.3, -0.25) is 4.79 Å². The molecule has 3 heterocycles. The molecule has 0 bridgehead atoms. The Morgan fingerprint density at radius 2 is 1.97 bits per heavy atom. The van der Waals surface area contributed by atoms with Crippen LogP contribution >= 0.6 is 0 Å². The van der Waals surface area contributed by atoms with Crippen molar-refractivity contribution in [2.24, 2.45) is 5.73 Å². The second-order valence-electron chi connectivity index (χ2n) is 7.04. The number of nitrogens with two attached hydrogens (primary N) is 1. The first-order chi connectivity index (χ1) is 14.7. The first-order valence-corrected chi connectivity index (χ1v) is 9.64. The highest BCUT2D eigenvalue weighted by atomic mass is 16.5. The van der Waals surface area contributed by atoms with E-state index in [9.17, 15) is 4.79 Å². The molecule has 1 amide bonds. The molecule has 0 atom stereocenters. The number of nitrogens with zero attached hydrogens (tertiary/aromatic N) is 3. The van der Waals surface area contributed by atoms with Crippen molar-refractivity contribution < 1.29 is 14.1 Å². The molecule has 8 heteroatoms. The first kappa shape index (κ1) is 18.3. The van der Waals surface area contributed by atoms with Gasteiger partial charge in [0.1, 0.15) is 5.82 Å². The zero-order chi connectivity index (χ0) is 20.5. The summed E-state index contributed by atoms with van der Waals surface area (Å²) in [5, 5.41) is 8.21. The maximum Gasteiger partial charge on any atom is 0.252 e. The summed E-state index contributed by atoms with van der Waals surface area (Å²) in [4.78, 5) is 21.1. The van der Waals surface area contributed by atoms with E-state index in [-0.39, 0.29) is 5.56 Å². The maximum absolute atomic E-state index is 11.7. The molecule has 0 fully saturated rings. The van der Waals surface area contributed by atoms with Gasteiger partial charge in [0.05, 0.1) is 29.9 Å². The number of carbonyl (C=O) groups excluding carboxylic acids is 1. The van der Waals surface area contributed by atoms with E-state index in [1.54, 1.807) is 12.1 Å². The van der Waals surface area contributed by atoms with Crippen molar-refractivity contribution >= 4 is 22.7 Å². The summed E-state index contributed by atoms with van der Waals surface area (Å²) >= 11 is 0. The Bertz CT molecular complexity index is 1240. The lowest BCUT2D eigenvalue weighted by Gasteiger charge is -2.20. The van der Waals surface area contributed by atoms with E-state index in [4.69, 9.17) is 20.0 Å². The van der Waals surface area contributed by atoms with Crippen LogP contribution in [0, 0.1) is 0 Å². The standard InChI is InChI=1S/C22H19N5O3/c23-20(28)16-8-4-7-15-18(27-30-19(15)16)22-25-17-12-29-10-9-14(17)21(26-22)24-11-13-5-2-1-3-6-13/h1-8H,9-12H2,(H2,23,28)(H,24,25,26). The van der Waals surface area contributed by atoms with E-state index in [2.05, 4.69) is 27.6 Å². The largest absolute Gasteiger partial charge is 0.375 e. The van der Waals surface area contributed by atoms with E-state index < -0.39 is 5.91 Å². The Hall–Kier alpha value is -3.78. The molecule has 1 aliphatic heterocycles. The molecule has 5 rings (SSSR count). The molecule has 8 nitrogen and oxygen atoms in total. The highest BCUT2D eigenvalue weighted by Gasteiger charge is 2.23. The molecule has 1 aliphatic rings. The van der Waals surface area contributed by atoms with E-state index in [0.717, 1.165) is 29.1 Å². The number of hydrogen-bond acceptors (Lipinski definition) is 7. The maximum atomic E-state index is 11.7. The highest BCUT2D eigenvalue weighted by Crippen LogP contribution is 2.31. The van der Waals surface area contributed by atoms with E-state index in [1.807, 2.05) is 24.3 Å². The molecular weight excluding hydrogens is 382 g/mol. The third kappa shape index (κ3) is 3.27. The molecular formula is C22H19N5O3. The number of amides is 1. The van der Waals surface area contributed by atoms with Crippen LogP contribution in [-0.2, 0) is 24.3 Å². The lowest BCUT2D eigenvalue weighted by molar-refractivity contribution is 0.100. The van der Waals surface area contributed by atoms with Crippen molar-refractivity contribution in [3.05, 3.63) is 70.9 Å². The zero-order valence-electron chi connectivity index (χ0n) is 16.1. The predicted molar refractivity (Wildman–Crippen MR) is 111 cm³/mol. The zero-order valence-corrected chi connectivity index (χ0v) is 16.1. The number of benzene rings is 2. The van der Waals surface area contributed by atoms with Crippen molar-refractivity contribution in [2.75, 3.05) is 11.9 Å². The van der Waals surface area contributed by atoms with Crippen LogP contribution in [0.25, 0.3) is 22.5 Å². The summed E-state index contributed by atoms with van der Waals surface area (Å²) in [6.45, 7) is 1.67. The number of nitrogens with one attached hydrogen (secondary N) is 1. The number of aromatic nitrogens is 3. The number of rotatable bonds is 5. The molecule has 2 aromatic carbocycles. The topological polar surface area (TPSA) is 116 Å². The van der Waals surface area contributed by atoms with Crippen LogP contribution in [0.2, 0.25) is 0 Å². The van der Waals surface area contributed by atoms with Gasteiger partial charge in [-0.2, -0.15) is 0 Å². The fraction of sp³-hybridized carbons (Fsp3) is 0.182. The molecule has 30 heavy (non-hydrogen) atoms. The Morgan fingerprint density at radius 1 is 1.10 bits per heavy atom. The van der Waals surface area contributed by atoms with E-state index in [1.165, 1.54) is 0 Å². The van der Waals surface area contributed by atoms with Crippen LogP contribution in [0.4, 0.5) is 5.82 Å². The molecule has 4 aromatic rings. The van der Waals surface area contributed by atoms with Gasteiger partial charge in [-0.25, -0.2) is 9.97 Å². The van der Waals surface area contributed by atoms with Gasteiger partial charge in [-0.15, -0.1) is 0 Å². The van der Waals surface area contributed by atoms with Gasteiger partial charge in [0, 0.05) is 18.5 Å². The Kier molecular flexibility index (Phi) is 4.61. The summed E-state index contributed by atoms with van der Waals surface area (Å²) in [6, 6.07) is 15.3. The minimum atomic E-state index is -0.576. The fourth-order valence-corrected chi connectivity index (χ4v) is 3.61. The summed E-state index contributed by atoms with van der Waals surface area (Å²) < 4.78 is 11.0. The lowest BCUT2D eigenvalue weighted by atomic mass is 10.1. The minimum absolute atomic E-state index is 0.273. The molecule has 2 aromatic heterocycles. The summed E-state index contributed by atoms with van der Waals surface area (Å²) in [6.07, 6.45) is 0.734. The summed E-state index contributed by atoms with van der Waals surface area (Å²) in [7, 11) is 0. The second-order valence-corrected chi connectivity index (χ2v) is 7.04. The average molecular weight is 401 g/mol. The normalized spacial score (nSPS) is 13.2. The molecule has 150 valence electrons. The molecule has 0 aliphatic carbocycles. The summed E-state index contributed by atoms with van der Waals surface area (Å²) in [5.74, 6) is 0.591. The highest BCUT2D eigenvalue weighted by molar-refractivity contribution is 6.06. The molecule has 0 unspecified atom stereocenters. The average Bonchev–Trinajstić information content (AvgIpc) is 3.22. The van der Waals surface area contributed by atoms with Crippen molar-refractivity contribution in [2.45, 2.75) is 19.6 Å². The van der Waals surface area contributed by atoms with Crippen molar-refractivity contribution in [1.29, 1.82) is 0 Å². The van der Waals surface area contributed by atoms with E-state index >= 15 is 0 Å². The molecule has 0 saturated carbocycles. The van der Waals surface area contributed by atoms with Gasteiger partial charge in [0.25, 0.3) is 5.91 Å². The smallest absolute Gasteiger partial charge is 0.252 e. The number of primary amides is 1. The molecule has 0 spiro atoms. The van der Waals surface area contributed by atoms with Crippen LogP contribution in [0.5, 0.6) is 0 Å². The predicted octanol–water partition coefficient (Wildman–Crippen LogP) is 3.07. The number of hydrogen-bond donors (Lipinski definition) is 2. The molecule has 0 saturated heterocycles. The third-order valence-corrected chi connectivity index (χ3v) is 5.11. The minimum Gasteiger partial charge on any atom is -0.375 e. The van der Waals surface area contributed by atoms with Gasteiger partial charge in [-0.05, 0) is 17.7 Å². The van der Waals surface area contributed by atoms with Crippen LogP contribution in [-0.4, -0.2) is 27.6 Å². The summed E-state index contributed by atoms with van der Waals surface area (Å²) in [5.41, 5.74) is 9.54. The first-order valence-electron chi connectivity index (χ1n) is 9.64. The quantitative estimate of drug-likeness (QED) is 0.528. The van der Waals surface area contributed by atoms with Gasteiger partial charge in [0.15, 0.2) is 17.1 Å². The van der Waals surface area contributed by atoms with Gasteiger partial charge < -0.3 is 20.3 Å². The van der Waals surface area contributed by atoms with Gasteiger partial charge in [-0.1, -0.05) is 41.6 Å². The Balaban J connectivity index is 1.58. The van der Waals surface area contributed by atoms with Crippen molar-refractivity contribution in [3.8, 4) is 11.5 Å². The molecule has 0 radical (unpaired) electrons. The number of fused-ring (bicyclic) bond motifs is 2.